The van der Waals surface area contributed by atoms with Crippen LogP contribution in [0.15, 0.2) is 12.3 Å². The minimum absolute atomic E-state index is 0.0686. The van der Waals surface area contributed by atoms with Crippen molar-refractivity contribution in [1.29, 1.82) is 0 Å². The normalized spacial score (nSPS) is 10.0. The number of hydrogen-bond donors (Lipinski definition) is 1. The first-order valence-electron chi connectivity index (χ1n) is 4.08. The molecule has 0 fully saturated rings. The molecule has 4 nitrogen and oxygen atoms in total. The van der Waals surface area contributed by atoms with Gasteiger partial charge in [-0.3, -0.25) is 9.48 Å². The summed E-state index contributed by atoms with van der Waals surface area (Å²) < 4.78 is 1.56. The van der Waals surface area contributed by atoms with Crippen molar-refractivity contribution >= 4 is 21.8 Å². The first-order valence-corrected chi connectivity index (χ1v) is 5.20. The van der Waals surface area contributed by atoms with Gasteiger partial charge in [0, 0.05) is 25.1 Å². The lowest BCUT2D eigenvalue weighted by Gasteiger charge is -2.03. The van der Waals surface area contributed by atoms with Gasteiger partial charge in [0.2, 0.25) is 0 Å². The van der Waals surface area contributed by atoms with Crippen LogP contribution in [0.1, 0.15) is 16.9 Å². The van der Waals surface area contributed by atoms with E-state index in [0.29, 0.717) is 12.2 Å². The lowest BCUT2D eigenvalue weighted by atomic mass is 10.4. The molecule has 1 aromatic rings. The number of alkyl halides is 1. The van der Waals surface area contributed by atoms with Crippen LogP contribution in [-0.2, 0) is 7.05 Å². The lowest BCUT2D eigenvalue weighted by Crippen LogP contribution is -2.26. The highest BCUT2D eigenvalue weighted by molar-refractivity contribution is 9.09. The van der Waals surface area contributed by atoms with Crippen molar-refractivity contribution in [2.24, 2.45) is 7.05 Å². The smallest absolute Gasteiger partial charge is 0.269 e. The number of amides is 1. The second-order valence-electron chi connectivity index (χ2n) is 2.64. The fourth-order valence-corrected chi connectivity index (χ4v) is 1.24. The molecule has 0 spiro atoms. The van der Waals surface area contributed by atoms with Gasteiger partial charge in [0.25, 0.3) is 5.91 Å². The summed E-state index contributed by atoms with van der Waals surface area (Å²) in [5.74, 6) is -0.0686. The Balaban J connectivity index is 2.45. The van der Waals surface area contributed by atoms with E-state index in [0.717, 1.165) is 11.8 Å². The highest BCUT2D eigenvalue weighted by atomic mass is 79.9. The van der Waals surface area contributed by atoms with Crippen molar-refractivity contribution in [2.75, 3.05) is 11.9 Å². The monoisotopic (exact) mass is 245 g/mol. The number of aromatic nitrogens is 2. The minimum atomic E-state index is -0.0686. The Morgan fingerprint density at radius 2 is 2.54 bits per heavy atom. The standard InChI is InChI=1S/C8H12BrN3O/c1-12-7(3-6-11-12)8(13)10-5-2-4-9/h3,6H,2,4-5H2,1H3,(H,10,13). The van der Waals surface area contributed by atoms with E-state index in [1.54, 1.807) is 24.0 Å². The third kappa shape index (κ3) is 2.84. The first-order chi connectivity index (χ1) is 6.25. The predicted octanol–water partition coefficient (Wildman–Crippen LogP) is 0.935. The quantitative estimate of drug-likeness (QED) is 0.634. The molecule has 0 radical (unpaired) electrons. The topological polar surface area (TPSA) is 46.9 Å². The average molecular weight is 246 g/mol. The highest BCUT2D eigenvalue weighted by Crippen LogP contribution is 1.95. The van der Waals surface area contributed by atoms with Crippen LogP contribution in [-0.4, -0.2) is 27.6 Å². The molecule has 0 aliphatic carbocycles. The molecule has 0 unspecified atom stereocenters. The summed E-state index contributed by atoms with van der Waals surface area (Å²) in [6, 6.07) is 1.70. The van der Waals surface area contributed by atoms with E-state index in [2.05, 4.69) is 26.3 Å². The molecular weight excluding hydrogens is 234 g/mol. The molecule has 0 bridgehead atoms. The average Bonchev–Trinajstić information content (AvgIpc) is 2.52. The van der Waals surface area contributed by atoms with Crippen LogP contribution in [0.3, 0.4) is 0 Å². The molecule has 1 heterocycles. The second kappa shape index (κ2) is 5.01. The van der Waals surface area contributed by atoms with Crippen molar-refractivity contribution in [3.05, 3.63) is 18.0 Å². The zero-order valence-corrected chi connectivity index (χ0v) is 9.04. The fourth-order valence-electron chi connectivity index (χ4n) is 0.956. The molecule has 72 valence electrons. The molecule has 0 aliphatic heterocycles. The molecule has 1 aromatic heterocycles. The molecule has 0 aromatic carbocycles. The van der Waals surface area contributed by atoms with Gasteiger partial charge in [0.15, 0.2) is 0 Å². The van der Waals surface area contributed by atoms with Gasteiger partial charge in [0.05, 0.1) is 0 Å². The molecule has 5 heteroatoms. The third-order valence-electron chi connectivity index (χ3n) is 1.65. The Morgan fingerprint density at radius 3 is 3.08 bits per heavy atom. The van der Waals surface area contributed by atoms with E-state index in [9.17, 15) is 4.79 Å². The van der Waals surface area contributed by atoms with Gasteiger partial charge in [0.1, 0.15) is 5.69 Å². The van der Waals surface area contributed by atoms with Crippen molar-refractivity contribution < 1.29 is 4.79 Å². The summed E-state index contributed by atoms with van der Waals surface area (Å²) >= 11 is 3.29. The number of carbonyl (C=O) groups is 1. The zero-order chi connectivity index (χ0) is 9.68. The SMILES string of the molecule is Cn1nccc1C(=O)NCCCBr. The van der Waals surface area contributed by atoms with Gasteiger partial charge in [-0.15, -0.1) is 0 Å². The van der Waals surface area contributed by atoms with E-state index >= 15 is 0 Å². The molecule has 1 amide bonds. The molecule has 0 atom stereocenters. The van der Waals surface area contributed by atoms with Gasteiger partial charge >= 0.3 is 0 Å². The number of nitrogens with zero attached hydrogens (tertiary/aromatic N) is 2. The Hall–Kier alpha value is -0.840. The first kappa shape index (κ1) is 10.2. The van der Waals surface area contributed by atoms with Gasteiger partial charge in [-0.1, -0.05) is 15.9 Å². The van der Waals surface area contributed by atoms with Crippen LogP contribution in [0.5, 0.6) is 0 Å². The molecule has 13 heavy (non-hydrogen) atoms. The summed E-state index contributed by atoms with van der Waals surface area (Å²) in [6.07, 6.45) is 2.54. The molecular formula is C8H12BrN3O. The Morgan fingerprint density at radius 1 is 1.77 bits per heavy atom. The molecule has 0 aliphatic rings. The van der Waals surface area contributed by atoms with E-state index in [-0.39, 0.29) is 5.91 Å². The fraction of sp³-hybridized carbons (Fsp3) is 0.500. The summed E-state index contributed by atoms with van der Waals surface area (Å²) in [5.41, 5.74) is 0.592. The largest absolute Gasteiger partial charge is 0.351 e. The summed E-state index contributed by atoms with van der Waals surface area (Å²) in [7, 11) is 1.75. The van der Waals surface area contributed by atoms with E-state index < -0.39 is 0 Å². The third-order valence-corrected chi connectivity index (χ3v) is 2.21. The molecule has 1 N–H and O–H groups in total. The summed E-state index contributed by atoms with van der Waals surface area (Å²) in [4.78, 5) is 11.4. The zero-order valence-electron chi connectivity index (χ0n) is 7.46. The van der Waals surface area contributed by atoms with Crippen LogP contribution >= 0.6 is 15.9 Å². The Labute approximate surface area is 85.4 Å². The predicted molar refractivity (Wildman–Crippen MR) is 54.0 cm³/mol. The summed E-state index contributed by atoms with van der Waals surface area (Å²) in [5, 5.41) is 7.61. The van der Waals surface area contributed by atoms with Crippen LogP contribution in [0.25, 0.3) is 0 Å². The molecule has 0 saturated heterocycles. The maximum Gasteiger partial charge on any atom is 0.269 e. The number of halogens is 1. The summed E-state index contributed by atoms with van der Waals surface area (Å²) in [6.45, 7) is 0.690. The Bertz CT molecular complexity index is 285. The van der Waals surface area contributed by atoms with E-state index in [1.807, 2.05) is 0 Å². The maximum atomic E-state index is 11.4. The van der Waals surface area contributed by atoms with Crippen molar-refractivity contribution in [3.63, 3.8) is 0 Å². The number of nitrogens with one attached hydrogen (secondary N) is 1. The van der Waals surface area contributed by atoms with Gasteiger partial charge < -0.3 is 5.32 Å². The number of hydrogen-bond acceptors (Lipinski definition) is 2. The van der Waals surface area contributed by atoms with Crippen LogP contribution in [0.2, 0.25) is 0 Å². The Kier molecular flexibility index (Phi) is 3.95. The van der Waals surface area contributed by atoms with Crippen molar-refractivity contribution in [1.82, 2.24) is 15.1 Å². The molecule has 0 saturated carbocycles. The van der Waals surface area contributed by atoms with Gasteiger partial charge in [-0.2, -0.15) is 5.10 Å². The lowest BCUT2D eigenvalue weighted by molar-refractivity contribution is 0.0944. The van der Waals surface area contributed by atoms with Gasteiger partial charge in [-0.25, -0.2) is 0 Å². The van der Waals surface area contributed by atoms with Crippen LogP contribution in [0.4, 0.5) is 0 Å². The van der Waals surface area contributed by atoms with E-state index in [4.69, 9.17) is 0 Å². The van der Waals surface area contributed by atoms with Gasteiger partial charge in [-0.05, 0) is 12.5 Å². The number of aryl methyl sites for hydroxylation is 1. The van der Waals surface area contributed by atoms with Crippen molar-refractivity contribution in [2.45, 2.75) is 6.42 Å². The maximum absolute atomic E-state index is 11.4. The van der Waals surface area contributed by atoms with E-state index in [1.165, 1.54) is 0 Å². The van der Waals surface area contributed by atoms with Crippen LogP contribution < -0.4 is 5.32 Å². The number of rotatable bonds is 4. The number of carbonyl (C=O) groups excluding carboxylic acids is 1. The second-order valence-corrected chi connectivity index (χ2v) is 3.43. The molecule has 1 rings (SSSR count). The van der Waals surface area contributed by atoms with Crippen molar-refractivity contribution in [3.8, 4) is 0 Å². The minimum Gasteiger partial charge on any atom is -0.351 e. The van der Waals surface area contributed by atoms with Crippen LogP contribution in [0, 0.1) is 0 Å². The highest BCUT2D eigenvalue weighted by Gasteiger charge is 2.07.